The number of nitrogens with zero attached hydrogens (tertiary/aromatic N) is 1. The Morgan fingerprint density at radius 1 is 1.69 bits per heavy atom. The van der Waals surface area contributed by atoms with Crippen LogP contribution in [-0.2, 0) is 0 Å². The van der Waals surface area contributed by atoms with Crippen molar-refractivity contribution in [3.8, 4) is 0 Å². The average molecular weight is 222 g/mol. The molecule has 0 aromatic carbocycles. The fraction of sp³-hybridized carbons (Fsp3) is 0.583. The summed E-state index contributed by atoms with van der Waals surface area (Å²) < 4.78 is 5.18. The Morgan fingerprint density at radius 3 is 3.12 bits per heavy atom. The second-order valence-corrected chi connectivity index (χ2v) is 4.16. The van der Waals surface area contributed by atoms with Crippen molar-refractivity contribution in [3.63, 3.8) is 0 Å². The minimum absolute atomic E-state index is 0.0969. The van der Waals surface area contributed by atoms with Gasteiger partial charge in [0.25, 0.3) is 5.91 Å². The minimum Gasteiger partial charge on any atom is -0.469 e. The standard InChI is InChI=1S/C12H18N2O2/c1-3-10-8-13-5-6-14(10)12(15)11-4-7-16-9(11)2/h4,7,10,13H,3,5-6,8H2,1-2H3. The Labute approximate surface area is 95.6 Å². The third kappa shape index (κ3) is 1.97. The van der Waals surface area contributed by atoms with Gasteiger partial charge in [0.15, 0.2) is 0 Å². The third-order valence-electron chi connectivity index (χ3n) is 3.17. The molecule has 1 amide bonds. The maximum atomic E-state index is 12.3. The topological polar surface area (TPSA) is 45.5 Å². The van der Waals surface area contributed by atoms with Gasteiger partial charge in [-0.3, -0.25) is 4.79 Å². The molecule has 2 rings (SSSR count). The average Bonchev–Trinajstić information content (AvgIpc) is 2.74. The van der Waals surface area contributed by atoms with Gasteiger partial charge in [-0.05, 0) is 19.4 Å². The molecule has 4 heteroatoms. The number of hydrogen-bond acceptors (Lipinski definition) is 3. The monoisotopic (exact) mass is 222 g/mol. The van der Waals surface area contributed by atoms with E-state index in [4.69, 9.17) is 4.42 Å². The number of hydrogen-bond donors (Lipinski definition) is 1. The maximum absolute atomic E-state index is 12.3. The zero-order valence-electron chi connectivity index (χ0n) is 9.82. The highest BCUT2D eigenvalue weighted by atomic mass is 16.3. The van der Waals surface area contributed by atoms with E-state index in [0.717, 1.165) is 26.1 Å². The van der Waals surface area contributed by atoms with Gasteiger partial charge in [0, 0.05) is 25.7 Å². The molecular formula is C12H18N2O2. The lowest BCUT2D eigenvalue weighted by Crippen LogP contribution is -2.53. The quantitative estimate of drug-likeness (QED) is 0.823. The van der Waals surface area contributed by atoms with E-state index in [2.05, 4.69) is 12.2 Å². The van der Waals surface area contributed by atoms with E-state index in [1.807, 2.05) is 11.8 Å². The molecule has 1 fully saturated rings. The molecule has 1 N–H and O–H groups in total. The molecule has 1 unspecified atom stereocenters. The van der Waals surface area contributed by atoms with Crippen LogP contribution in [0, 0.1) is 6.92 Å². The molecule has 2 heterocycles. The highest BCUT2D eigenvalue weighted by molar-refractivity contribution is 5.95. The van der Waals surface area contributed by atoms with Crippen LogP contribution >= 0.6 is 0 Å². The van der Waals surface area contributed by atoms with Crippen LogP contribution < -0.4 is 5.32 Å². The summed E-state index contributed by atoms with van der Waals surface area (Å²) in [6, 6.07) is 2.06. The first-order chi connectivity index (χ1) is 7.74. The van der Waals surface area contributed by atoms with Crippen LogP contribution in [0.2, 0.25) is 0 Å². The van der Waals surface area contributed by atoms with E-state index in [0.29, 0.717) is 17.4 Å². The molecular weight excluding hydrogens is 204 g/mol. The van der Waals surface area contributed by atoms with Gasteiger partial charge in [0.1, 0.15) is 5.76 Å². The van der Waals surface area contributed by atoms with Gasteiger partial charge in [-0.2, -0.15) is 0 Å². The van der Waals surface area contributed by atoms with Crippen molar-refractivity contribution in [3.05, 3.63) is 23.7 Å². The number of piperazine rings is 1. The number of nitrogens with one attached hydrogen (secondary N) is 1. The van der Waals surface area contributed by atoms with Gasteiger partial charge in [0.05, 0.1) is 11.8 Å². The Balaban J connectivity index is 2.17. The van der Waals surface area contributed by atoms with Crippen molar-refractivity contribution in [2.45, 2.75) is 26.3 Å². The molecule has 16 heavy (non-hydrogen) atoms. The number of rotatable bonds is 2. The van der Waals surface area contributed by atoms with E-state index in [1.165, 1.54) is 0 Å². The second kappa shape index (κ2) is 4.70. The van der Waals surface area contributed by atoms with Gasteiger partial charge in [-0.15, -0.1) is 0 Å². The molecule has 1 atom stereocenters. The number of aryl methyl sites for hydroxylation is 1. The predicted molar refractivity (Wildman–Crippen MR) is 61.4 cm³/mol. The molecule has 88 valence electrons. The van der Waals surface area contributed by atoms with E-state index < -0.39 is 0 Å². The Kier molecular flexibility index (Phi) is 3.29. The SMILES string of the molecule is CCC1CNCCN1C(=O)c1ccoc1C. The lowest BCUT2D eigenvalue weighted by atomic mass is 10.1. The van der Waals surface area contributed by atoms with E-state index in [-0.39, 0.29) is 5.91 Å². The van der Waals surface area contributed by atoms with Crippen molar-refractivity contribution in [2.24, 2.45) is 0 Å². The highest BCUT2D eigenvalue weighted by Crippen LogP contribution is 2.16. The van der Waals surface area contributed by atoms with Gasteiger partial charge in [0.2, 0.25) is 0 Å². The van der Waals surface area contributed by atoms with Crippen molar-refractivity contribution < 1.29 is 9.21 Å². The molecule has 0 spiro atoms. The van der Waals surface area contributed by atoms with Gasteiger partial charge in [-0.1, -0.05) is 6.92 Å². The summed E-state index contributed by atoms with van der Waals surface area (Å²) >= 11 is 0. The van der Waals surface area contributed by atoms with Gasteiger partial charge >= 0.3 is 0 Å². The summed E-state index contributed by atoms with van der Waals surface area (Å²) in [5, 5.41) is 3.31. The molecule has 0 aliphatic carbocycles. The molecule has 1 aromatic rings. The number of carbonyl (C=O) groups is 1. The van der Waals surface area contributed by atoms with E-state index >= 15 is 0 Å². The third-order valence-corrected chi connectivity index (χ3v) is 3.17. The Morgan fingerprint density at radius 2 is 2.50 bits per heavy atom. The summed E-state index contributed by atoms with van der Waals surface area (Å²) in [5.41, 5.74) is 0.695. The van der Waals surface area contributed by atoms with Crippen LogP contribution in [0.15, 0.2) is 16.7 Å². The van der Waals surface area contributed by atoms with Crippen molar-refractivity contribution in [1.82, 2.24) is 10.2 Å². The molecule has 1 aliphatic rings. The van der Waals surface area contributed by atoms with Crippen LogP contribution in [0.3, 0.4) is 0 Å². The Bertz CT molecular complexity index is 373. The molecule has 0 bridgehead atoms. The molecule has 1 aliphatic heterocycles. The lowest BCUT2D eigenvalue weighted by Gasteiger charge is -2.35. The molecule has 1 saturated heterocycles. The summed E-state index contributed by atoms with van der Waals surface area (Å²) in [6.07, 6.45) is 2.56. The predicted octanol–water partition coefficient (Wildman–Crippen LogP) is 1.41. The highest BCUT2D eigenvalue weighted by Gasteiger charge is 2.27. The fourth-order valence-electron chi connectivity index (χ4n) is 2.15. The number of carbonyl (C=O) groups excluding carboxylic acids is 1. The van der Waals surface area contributed by atoms with Crippen LogP contribution in [0.1, 0.15) is 29.5 Å². The lowest BCUT2D eigenvalue weighted by molar-refractivity contribution is 0.0629. The second-order valence-electron chi connectivity index (χ2n) is 4.16. The first-order valence-corrected chi connectivity index (χ1v) is 5.79. The van der Waals surface area contributed by atoms with E-state index in [1.54, 1.807) is 12.3 Å². The van der Waals surface area contributed by atoms with Crippen LogP contribution in [-0.4, -0.2) is 36.5 Å². The molecule has 1 aromatic heterocycles. The van der Waals surface area contributed by atoms with Gasteiger partial charge in [-0.25, -0.2) is 0 Å². The molecule has 0 radical (unpaired) electrons. The molecule has 4 nitrogen and oxygen atoms in total. The fourth-order valence-corrected chi connectivity index (χ4v) is 2.15. The molecule has 0 saturated carbocycles. The van der Waals surface area contributed by atoms with E-state index in [9.17, 15) is 4.79 Å². The zero-order chi connectivity index (χ0) is 11.5. The Hall–Kier alpha value is -1.29. The van der Waals surface area contributed by atoms with Crippen LogP contribution in [0.25, 0.3) is 0 Å². The normalized spacial score (nSPS) is 21.1. The maximum Gasteiger partial charge on any atom is 0.257 e. The largest absolute Gasteiger partial charge is 0.469 e. The summed E-state index contributed by atoms with van der Waals surface area (Å²) in [4.78, 5) is 14.2. The summed E-state index contributed by atoms with van der Waals surface area (Å²) in [6.45, 7) is 6.48. The van der Waals surface area contributed by atoms with Crippen molar-refractivity contribution in [2.75, 3.05) is 19.6 Å². The first-order valence-electron chi connectivity index (χ1n) is 5.79. The minimum atomic E-state index is 0.0969. The first kappa shape index (κ1) is 11.2. The smallest absolute Gasteiger partial charge is 0.257 e. The van der Waals surface area contributed by atoms with Crippen LogP contribution in [0.5, 0.6) is 0 Å². The summed E-state index contributed by atoms with van der Waals surface area (Å²) in [7, 11) is 0. The number of furan rings is 1. The van der Waals surface area contributed by atoms with Gasteiger partial charge < -0.3 is 14.6 Å². The summed E-state index contributed by atoms with van der Waals surface area (Å²) in [5.74, 6) is 0.804. The van der Waals surface area contributed by atoms with Crippen molar-refractivity contribution in [1.29, 1.82) is 0 Å². The zero-order valence-corrected chi connectivity index (χ0v) is 9.82. The van der Waals surface area contributed by atoms with Crippen LogP contribution in [0.4, 0.5) is 0 Å². The van der Waals surface area contributed by atoms with Crippen molar-refractivity contribution >= 4 is 5.91 Å². The number of amides is 1.